The van der Waals surface area contributed by atoms with Gasteiger partial charge in [0.1, 0.15) is 17.7 Å². The van der Waals surface area contributed by atoms with E-state index in [1.807, 2.05) is 0 Å². The van der Waals surface area contributed by atoms with Crippen molar-refractivity contribution in [1.82, 2.24) is 9.97 Å². The number of hydrogen-bond acceptors (Lipinski definition) is 12. The smallest absolute Gasteiger partial charge is 0.274 e. The van der Waals surface area contributed by atoms with Crippen molar-refractivity contribution in [2.75, 3.05) is 59.0 Å². The molecule has 308 valence electrons. The average Bonchev–Trinajstić information content (AvgIpc) is 3.15. The first-order chi connectivity index (χ1) is 27.3. The lowest BCUT2D eigenvalue weighted by Crippen LogP contribution is -2.22. The van der Waals surface area contributed by atoms with Crippen molar-refractivity contribution in [1.29, 1.82) is 0 Å². The summed E-state index contributed by atoms with van der Waals surface area (Å²) in [6.45, 7) is 3.46. The van der Waals surface area contributed by atoms with Gasteiger partial charge in [-0.2, -0.15) is 0 Å². The molecule has 3 rings (SSSR count). The molecule has 0 saturated heterocycles. The van der Waals surface area contributed by atoms with Crippen LogP contribution in [0.2, 0.25) is 0 Å². The Morgan fingerprint density at radius 3 is 1.49 bits per heavy atom. The lowest BCUT2D eigenvalue weighted by Gasteiger charge is -2.17. The van der Waals surface area contributed by atoms with Gasteiger partial charge in [0.25, 0.3) is 11.8 Å². The Bertz CT molecular complexity index is 1930. The van der Waals surface area contributed by atoms with Crippen molar-refractivity contribution in [3.05, 3.63) is 57.0 Å². The van der Waals surface area contributed by atoms with E-state index in [2.05, 4.69) is 73.1 Å². The third-order valence-electron chi connectivity index (χ3n) is 7.54. The summed E-state index contributed by atoms with van der Waals surface area (Å²) in [6, 6.07) is 8.17. The van der Waals surface area contributed by atoms with Gasteiger partial charge in [0, 0.05) is 65.5 Å². The number of guanidine groups is 1. The lowest BCUT2D eigenvalue weighted by molar-refractivity contribution is -0.117. The fourth-order valence-corrected chi connectivity index (χ4v) is 7.65. The number of carbonyl (C=O) groups excluding carboxylic acids is 4. The van der Waals surface area contributed by atoms with Crippen molar-refractivity contribution < 1.29 is 19.2 Å². The van der Waals surface area contributed by atoms with Crippen LogP contribution in [-0.4, -0.2) is 83.1 Å². The molecule has 1 heterocycles. The number of aliphatic imine (C=N–C) groups is 2. The fourth-order valence-electron chi connectivity index (χ4n) is 5.03. The molecule has 57 heavy (non-hydrogen) atoms. The molecule has 0 atom stereocenters. The van der Waals surface area contributed by atoms with E-state index >= 15 is 0 Å². The highest BCUT2D eigenvalue weighted by atomic mass is 79.9. The summed E-state index contributed by atoms with van der Waals surface area (Å²) in [6.07, 6.45) is 5.14. The van der Waals surface area contributed by atoms with Gasteiger partial charge in [-0.25, -0.2) is 9.97 Å². The Labute approximate surface area is 357 Å². The van der Waals surface area contributed by atoms with Gasteiger partial charge in [0.2, 0.25) is 11.8 Å². The van der Waals surface area contributed by atoms with Crippen LogP contribution in [0.3, 0.4) is 0 Å². The number of carbonyl (C=O) groups is 4. The number of amides is 4. The number of rotatable bonds is 23. The maximum atomic E-state index is 13.6. The summed E-state index contributed by atoms with van der Waals surface area (Å²) in [4.78, 5) is 70.6. The molecule has 0 radical (unpaired) electrons. The average molecular weight is 952 g/mol. The Hall–Kier alpha value is -4.28. The molecule has 0 spiro atoms. The SMILES string of the molecule is CC(N)=NCCCCC(=O)Nc1cc(Br)cc(NC(=O)c2cc(C(=O)Nc3cc(Br)cc(NC(=O)CCCCCN=C(N)N)c3SCCN)ncn2)c1SCCN. The van der Waals surface area contributed by atoms with Gasteiger partial charge in [-0.1, -0.05) is 38.3 Å². The normalized spacial score (nSPS) is 11.1. The zero-order valence-electron chi connectivity index (χ0n) is 31.5. The third-order valence-corrected chi connectivity index (χ3v) is 10.8. The first-order valence-electron chi connectivity index (χ1n) is 18.0. The predicted octanol–water partition coefficient (Wildman–Crippen LogP) is 4.87. The fraction of sp³-hybridized carbons (Fsp3) is 0.389. The summed E-state index contributed by atoms with van der Waals surface area (Å²) in [5.41, 5.74) is 29.5. The van der Waals surface area contributed by atoms with Gasteiger partial charge in [-0.05, 0) is 56.9 Å². The highest BCUT2D eigenvalue weighted by molar-refractivity contribution is 9.10. The van der Waals surface area contributed by atoms with Crippen LogP contribution in [0.25, 0.3) is 0 Å². The number of nitrogens with one attached hydrogen (secondary N) is 4. The van der Waals surface area contributed by atoms with Crippen molar-refractivity contribution >= 4 is 114 Å². The van der Waals surface area contributed by atoms with Crippen LogP contribution in [0, 0.1) is 0 Å². The maximum absolute atomic E-state index is 13.6. The Balaban J connectivity index is 1.78. The number of aromatic nitrogens is 2. The molecule has 0 unspecified atom stereocenters. The zero-order chi connectivity index (χ0) is 41.7. The van der Waals surface area contributed by atoms with E-state index in [9.17, 15) is 19.2 Å². The monoisotopic (exact) mass is 949 g/mol. The number of benzene rings is 2. The lowest BCUT2D eigenvalue weighted by atomic mass is 10.2. The molecule has 0 aliphatic heterocycles. The minimum absolute atomic E-state index is 0.0354. The Morgan fingerprint density at radius 2 is 1.05 bits per heavy atom. The van der Waals surface area contributed by atoms with Gasteiger partial charge < -0.3 is 49.9 Å². The van der Waals surface area contributed by atoms with E-state index < -0.39 is 11.8 Å². The minimum Gasteiger partial charge on any atom is -0.388 e. The summed E-state index contributed by atoms with van der Waals surface area (Å²) in [5.74, 6) is -0.0772. The van der Waals surface area contributed by atoms with E-state index in [0.29, 0.717) is 104 Å². The topological polar surface area (TPSA) is 297 Å². The Morgan fingerprint density at radius 1 is 0.632 bits per heavy atom. The van der Waals surface area contributed by atoms with Crippen molar-refractivity contribution in [3.8, 4) is 0 Å². The van der Waals surface area contributed by atoms with Gasteiger partial charge >= 0.3 is 0 Å². The van der Waals surface area contributed by atoms with Crippen LogP contribution in [0.1, 0.15) is 72.8 Å². The van der Waals surface area contributed by atoms with Crippen molar-refractivity contribution in [3.63, 3.8) is 0 Å². The summed E-state index contributed by atoms with van der Waals surface area (Å²) >= 11 is 9.70. The van der Waals surface area contributed by atoms with E-state index in [4.69, 9.17) is 28.7 Å². The van der Waals surface area contributed by atoms with Crippen LogP contribution in [-0.2, 0) is 9.59 Å². The molecular weight excluding hydrogens is 902 g/mol. The van der Waals surface area contributed by atoms with Gasteiger partial charge in [-0.15, -0.1) is 23.5 Å². The largest absolute Gasteiger partial charge is 0.388 e. The quantitative estimate of drug-likeness (QED) is 0.0266. The Kier molecular flexibility index (Phi) is 20.8. The second kappa shape index (κ2) is 25.2. The van der Waals surface area contributed by atoms with Crippen LogP contribution >= 0.6 is 55.4 Å². The number of thioether (sulfide) groups is 2. The molecule has 0 bridgehead atoms. The van der Waals surface area contributed by atoms with Crippen molar-refractivity contribution in [2.24, 2.45) is 38.7 Å². The second-order valence-corrected chi connectivity index (χ2v) is 16.4. The number of nitrogens with zero attached hydrogens (tertiary/aromatic N) is 4. The minimum atomic E-state index is -0.617. The molecule has 21 heteroatoms. The van der Waals surface area contributed by atoms with E-state index in [1.54, 1.807) is 31.2 Å². The van der Waals surface area contributed by atoms with Crippen LogP contribution in [0.4, 0.5) is 22.7 Å². The van der Waals surface area contributed by atoms with Gasteiger partial charge in [-0.3, -0.25) is 29.2 Å². The molecule has 0 aliphatic carbocycles. The first kappa shape index (κ1) is 47.1. The van der Waals surface area contributed by atoms with E-state index in [1.165, 1.54) is 29.6 Å². The number of unbranched alkanes of at least 4 members (excludes halogenated alkanes) is 3. The van der Waals surface area contributed by atoms with Crippen LogP contribution < -0.4 is 49.9 Å². The maximum Gasteiger partial charge on any atom is 0.274 e. The summed E-state index contributed by atoms with van der Waals surface area (Å²) < 4.78 is 1.21. The van der Waals surface area contributed by atoms with Gasteiger partial charge in [0.15, 0.2) is 5.96 Å². The number of halogens is 2. The van der Waals surface area contributed by atoms with Gasteiger partial charge in [0.05, 0.1) is 38.4 Å². The molecule has 0 saturated carbocycles. The number of hydrogen-bond donors (Lipinski definition) is 9. The van der Waals surface area contributed by atoms with Crippen LogP contribution in [0.5, 0.6) is 0 Å². The standard InChI is InChI=1S/C36H49Br2N13O4S2/c1-21(41)44-11-6-4-8-31(53)49-25-16-23(38)18-27(33(25)57-14-10-40)51-35(55)29-19-28(46-20-47-29)34(54)50-26-17-22(37)15-24(32(26)56-13-9-39)48-30(52)7-3-2-5-12-45-36(42)43/h15-20H,2-14,39-40H2,1H3,(H2,41,44)(H,48,52)(H,49,53)(H,50,54)(H,51,55)(H4,42,43,45). The zero-order valence-corrected chi connectivity index (χ0v) is 36.3. The molecule has 1 aromatic heterocycles. The number of nitrogens with two attached hydrogens (primary N) is 5. The second-order valence-electron chi connectivity index (χ2n) is 12.3. The molecule has 4 amide bonds. The molecule has 0 aliphatic rings. The highest BCUT2D eigenvalue weighted by Gasteiger charge is 2.21. The molecule has 0 fully saturated rings. The molecule has 3 aromatic rings. The highest BCUT2D eigenvalue weighted by Crippen LogP contribution is 2.39. The predicted molar refractivity (Wildman–Crippen MR) is 238 cm³/mol. The molecular formula is C36H49Br2N13O4S2. The first-order valence-corrected chi connectivity index (χ1v) is 21.6. The molecule has 17 nitrogen and oxygen atoms in total. The van der Waals surface area contributed by atoms with Crippen LogP contribution in [0.15, 0.2) is 65.4 Å². The van der Waals surface area contributed by atoms with Crippen molar-refractivity contribution in [2.45, 2.75) is 61.7 Å². The van der Waals surface area contributed by atoms with E-state index in [0.717, 1.165) is 19.2 Å². The van der Waals surface area contributed by atoms with E-state index in [-0.39, 0.29) is 42.0 Å². The summed E-state index contributed by atoms with van der Waals surface area (Å²) in [7, 11) is 0. The number of anilines is 4. The number of amidine groups is 1. The summed E-state index contributed by atoms with van der Waals surface area (Å²) in [5, 5.41) is 11.6. The molecule has 2 aromatic carbocycles. The third kappa shape index (κ3) is 17.0. The molecule has 14 N–H and O–H groups in total.